The molecule has 0 amide bonds. The van der Waals surface area contributed by atoms with Crippen LogP contribution >= 0.6 is 0 Å². The summed E-state index contributed by atoms with van der Waals surface area (Å²) in [5, 5.41) is 19.8. The van der Waals surface area contributed by atoms with Crippen LogP contribution in [0.25, 0.3) is 0 Å². The summed E-state index contributed by atoms with van der Waals surface area (Å²) in [7, 11) is -5.28. The Bertz CT molecular complexity index is 986. The van der Waals surface area contributed by atoms with Gasteiger partial charge in [-0.05, 0) is 35.8 Å². The van der Waals surface area contributed by atoms with Gasteiger partial charge in [0, 0.05) is 0 Å². The fourth-order valence-corrected chi connectivity index (χ4v) is 5.13. The fourth-order valence-electron chi connectivity index (χ4n) is 3.89. The van der Waals surface area contributed by atoms with Crippen LogP contribution in [0.1, 0.15) is 51.1 Å². The third-order valence-electron chi connectivity index (χ3n) is 5.62. The van der Waals surface area contributed by atoms with Crippen LogP contribution in [0, 0.1) is 5.92 Å². The quantitative estimate of drug-likeness (QED) is 0.356. The van der Waals surface area contributed by atoms with Crippen molar-refractivity contribution in [1.29, 1.82) is 0 Å². The minimum Gasteiger partial charge on any atom is -1.00 e. The van der Waals surface area contributed by atoms with Crippen molar-refractivity contribution in [3.05, 3.63) is 71.8 Å². The van der Waals surface area contributed by atoms with Crippen LogP contribution in [0.2, 0.25) is 0 Å². The maximum Gasteiger partial charge on any atom is 1.00 e. The van der Waals surface area contributed by atoms with E-state index in [-0.39, 0.29) is 37.4 Å². The zero-order valence-electron chi connectivity index (χ0n) is 18.8. The molecular formula is C22H27NaO7S. The molecule has 3 N–H and O–H groups in total. The van der Waals surface area contributed by atoms with Gasteiger partial charge < -0.3 is 11.6 Å². The molecule has 0 bridgehead atoms. The molecular weight excluding hydrogens is 431 g/mol. The Labute approximate surface area is 206 Å². The van der Waals surface area contributed by atoms with Crippen LogP contribution in [0.15, 0.2) is 60.7 Å². The van der Waals surface area contributed by atoms with E-state index in [1.807, 2.05) is 0 Å². The number of hydrogen-bond acceptors (Lipinski definition) is 4. The van der Waals surface area contributed by atoms with E-state index in [9.17, 15) is 32.8 Å². The Morgan fingerprint density at radius 3 is 1.68 bits per heavy atom. The molecule has 0 aliphatic heterocycles. The molecule has 4 unspecified atom stereocenters. The summed E-state index contributed by atoms with van der Waals surface area (Å²) in [6, 6.07) is 17.4. The van der Waals surface area contributed by atoms with Crippen molar-refractivity contribution in [2.24, 2.45) is 5.92 Å². The van der Waals surface area contributed by atoms with Crippen LogP contribution in [-0.2, 0) is 19.7 Å². The number of carboxylic acid groups (broad SMARTS) is 2. The SMILES string of the molecule is CC(CC(C(=O)O)C(CC(C)c1ccccc1)(C(=O)O)S(=O)(=O)O)c1ccccc1.[H-].[Na+]. The predicted molar refractivity (Wildman–Crippen MR) is 113 cm³/mol. The van der Waals surface area contributed by atoms with Crippen molar-refractivity contribution in [2.75, 3.05) is 0 Å². The molecule has 4 atom stereocenters. The van der Waals surface area contributed by atoms with E-state index >= 15 is 0 Å². The van der Waals surface area contributed by atoms with Crippen molar-refractivity contribution in [3.8, 4) is 0 Å². The molecule has 0 saturated heterocycles. The number of carboxylic acids is 2. The summed E-state index contributed by atoms with van der Waals surface area (Å²) < 4.78 is 32.0. The summed E-state index contributed by atoms with van der Waals surface area (Å²) in [5.41, 5.74) is 1.39. The van der Waals surface area contributed by atoms with Gasteiger partial charge in [0.05, 0.1) is 5.92 Å². The fraction of sp³-hybridized carbons (Fsp3) is 0.364. The average Bonchev–Trinajstić information content (AvgIpc) is 2.70. The third-order valence-corrected chi connectivity index (χ3v) is 7.17. The monoisotopic (exact) mass is 458 g/mol. The minimum atomic E-state index is -5.28. The molecule has 0 saturated carbocycles. The zero-order chi connectivity index (χ0) is 22.5. The summed E-state index contributed by atoms with van der Waals surface area (Å²) in [4.78, 5) is 24.4. The molecule has 7 nitrogen and oxygen atoms in total. The van der Waals surface area contributed by atoms with E-state index in [1.54, 1.807) is 74.5 Å². The molecule has 164 valence electrons. The first-order valence-corrected chi connectivity index (χ1v) is 11.0. The molecule has 2 aromatic carbocycles. The van der Waals surface area contributed by atoms with Crippen LogP contribution in [0.5, 0.6) is 0 Å². The van der Waals surface area contributed by atoms with Gasteiger partial charge in [-0.2, -0.15) is 8.42 Å². The first-order valence-electron chi connectivity index (χ1n) is 9.53. The van der Waals surface area contributed by atoms with Gasteiger partial charge in [0.25, 0.3) is 10.1 Å². The van der Waals surface area contributed by atoms with E-state index < -0.39 is 51.0 Å². The van der Waals surface area contributed by atoms with Gasteiger partial charge in [0.15, 0.2) is 0 Å². The molecule has 0 aliphatic carbocycles. The van der Waals surface area contributed by atoms with Crippen molar-refractivity contribution in [2.45, 2.75) is 43.3 Å². The maximum atomic E-state index is 12.4. The van der Waals surface area contributed by atoms with Gasteiger partial charge in [0.1, 0.15) is 0 Å². The standard InChI is InChI=1S/C22H26O7S.Na.H/c1-15(17-9-5-3-6-10-17)13-19(20(23)24)22(21(25)26,30(27,28)29)14-16(2)18-11-7-4-8-12-18;;/h3-12,15-16,19H,13-14H2,1-2H3,(H,23,24)(H,25,26)(H,27,28,29);;/q;+1;-1. The van der Waals surface area contributed by atoms with Crippen LogP contribution in [-0.4, -0.2) is 39.9 Å². The molecule has 2 aromatic rings. The molecule has 0 aromatic heterocycles. The molecule has 0 heterocycles. The van der Waals surface area contributed by atoms with Gasteiger partial charge in [-0.1, -0.05) is 74.5 Å². The molecule has 0 aliphatic rings. The van der Waals surface area contributed by atoms with Gasteiger partial charge in [-0.15, -0.1) is 0 Å². The van der Waals surface area contributed by atoms with E-state index in [2.05, 4.69) is 0 Å². The molecule has 31 heavy (non-hydrogen) atoms. The van der Waals surface area contributed by atoms with Gasteiger partial charge in [-0.3, -0.25) is 14.1 Å². The summed E-state index contributed by atoms with van der Waals surface area (Å²) >= 11 is 0. The van der Waals surface area contributed by atoms with E-state index in [1.165, 1.54) is 0 Å². The Balaban J connectivity index is 0.00000480. The summed E-state index contributed by atoms with van der Waals surface area (Å²) in [5.74, 6) is -6.39. The summed E-state index contributed by atoms with van der Waals surface area (Å²) in [6.45, 7) is 3.31. The van der Waals surface area contributed by atoms with E-state index in [4.69, 9.17) is 0 Å². The normalized spacial score (nSPS) is 16.2. The van der Waals surface area contributed by atoms with Crippen molar-refractivity contribution in [3.63, 3.8) is 0 Å². The number of carbonyl (C=O) groups is 2. The molecule has 2 rings (SSSR count). The molecule has 0 spiro atoms. The number of benzene rings is 2. The predicted octanol–water partition coefficient (Wildman–Crippen LogP) is 0.903. The van der Waals surface area contributed by atoms with Crippen molar-refractivity contribution in [1.82, 2.24) is 0 Å². The first kappa shape index (κ1) is 27.3. The topological polar surface area (TPSA) is 129 Å². The second-order valence-electron chi connectivity index (χ2n) is 7.62. The Hall–Kier alpha value is -1.71. The second-order valence-corrected chi connectivity index (χ2v) is 9.30. The first-order chi connectivity index (χ1) is 14.0. The number of rotatable bonds is 10. The summed E-state index contributed by atoms with van der Waals surface area (Å²) in [6.07, 6.45) is -0.851. The van der Waals surface area contributed by atoms with Gasteiger partial charge in [-0.25, -0.2) is 0 Å². The Morgan fingerprint density at radius 1 is 0.903 bits per heavy atom. The van der Waals surface area contributed by atoms with E-state index in [0.717, 1.165) is 5.56 Å². The average molecular weight is 459 g/mol. The smallest absolute Gasteiger partial charge is 1.00 e. The largest absolute Gasteiger partial charge is 1.00 e. The van der Waals surface area contributed by atoms with Crippen LogP contribution in [0.4, 0.5) is 0 Å². The van der Waals surface area contributed by atoms with Crippen LogP contribution in [0.3, 0.4) is 0 Å². The molecule has 0 fully saturated rings. The minimum absolute atomic E-state index is 0. The maximum absolute atomic E-state index is 12.4. The molecule has 9 heteroatoms. The zero-order valence-corrected chi connectivity index (χ0v) is 20.6. The van der Waals surface area contributed by atoms with Crippen molar-refractivity contribution < 1.29 is 63.8 Å². The van der Waals surface area contributed by atoms with Crippen molar-refractivity contribution >= 4 is 22.1 Å². The molecule has 0 radical (unpaired) electrons. The third kappa shape index (κ3) is 6.17. The Morgan fingerprint density at radius 2 is 1.32 bits per heavy atom. The number of aliphatic carboxylic acids is 2. The van der Waals surface area contributed by atoms with Gasteiger partial charge in [0.2, 0.25) is 4.75 Å². The number of hydrogen-bond donors (Lipinski definition) is 3. The van der Waals surface area contributed by atoms with Crippen LogP contribution < -0.4 is 29.6 Å². The second kappa shape index (κ2) is 11.2. The van der Waals surface area contributed by atoms with E-state index in [0.29, 0.717) is 5.56 Å². The Kier molecular flexibility index (Phi) is 9.91. The van der Waals surface area contributed by atoms with Gasteiger partial charge >= 0.3 is 41.5 Å².